The van der Waals surface area contributed by atoms with E-state index in [2.05, 4.69) is 30.2 Å². The Bertz CT molecular complexity index is 1270. The number of ether oxygens (including phenoxy) is 1. The third kappa shape index (κ3) is 5.70. The van der Waals surface area contributed by atoms with Crippen LogP contribution in [0.25, 0.3) is 11.3 Å². The van der Waals surface area contributed by atoms with Gasteiger partial charge in [0.25, 0.3) is 0 Å². The molecule has 1 spiro atoms. The first-order chi connectivity index (χ1) is 19.8. The van der Waals surface area contributed by atoms with Crippen molar-refractivity contribution in [3.05, 3.63) is 30.3 Å². The van der Waals surface area contributed by atoms with Gasteiger partial charge < -0.3 is 25.0 Å². The number of amides is 1. The Balaban J connectivity index is 0.950. The molecule has 1 aromatic heterocycles. The topological polar surface area (TPSA) is 114 Å². The Kier molecular flexibility index (Phi) is 7.74. The van der Waals surface area contributed by atoms with E-state index in [1.54, 1.807) is 12.1 Å². The summed E-state index contributed by atoms with van der Waals surface area (Å²) in [7, 11) is 3.48. The predicted molar refractivity (Wildman–Crippen MR) is 156 cm³/mol. The highest BCUT2D eigenvalue weighted by atomic mass is 16.5. The highest BCUT2D eigenvalue weighted by Crippen LogP contribution is 2.60. The van der Waals surface area contributed by atoms with E-state index in [1.807, 2.05) is 30.1 Å². The Hall–Kier alpha value is -3.44. The van der Waals surface area contributed by atoms with Crippen molar-refractivity contribution in [2.45, 2.75) is 31.7 Å². The summed E-state index contributed by atoms with van der Waals surface area (Å²) in [6.45, 7) is 6.92. The molecule has 2 aromatic rings. The van der Waals surface area contributed by atoms with Gasteiger partial charge in [0.1, 0.15) is 5.75 Å². The summed E-state index contributed by atoms with van der Waals surface area (Å²) in [6, 6.07) is 9.71. The number of carbonyl (C=O) groups excluding carboxylic acids is 2. The van der Waals surface area contributed by atoms with Crippen molar-refractivity contribution in [3.8, 4) is 17.0 Å². The maximum absolute atomic E-state index is 13.1. The number of piperazine rings is 1. The van der Waals surface area contributed by atoms with Gasteiger partial charge in [0.15, 0.2) is 5.82 Å². The summed E-state index contributed by atoms with van der Waals surface area (Å²) >= 11 is 0. The van der Waals surface area contributed by atoms with E-state index < -0.39 is 0 Å². The molecule has 11 nitrogen and oxygen atoms in total. The largest absolute Gasteiger partial charge is 0.507 e. The van der Waals surface area contributed by atoms with Gasteiger partial charge in [-0.2, -0.15) is 0 Å². The van der Waals surface area contributed by atoms with Crippen LogP contribution in [0.1, 0.15) is 25.7 Å². The lowest BCUT2D eigenvalue weighted by atomic mass is 9.49. The Labute approximate surface area is 241 Å². The first-order valence-electron chi connectivity index (χ1n) is 14.8. The number of carbonyl (C=O) groups is 2. The van der Waals surface area contributed by atoms with E-state index >= 15 is 0 Å². The molecule has 220 valence electrons. The lowest BCUT2D eigenvalue weighted by Gasteiger charge is -2.60. The Morgan fingerprint density at radius 3 is 2.59 bits per heavy atom. The van der Waals surface area contributed by atoms with Crippen LogP contribution in [0.5, 0.6) is 5.75 Å². The number of phenols is 1. The zero-order valence-corrected chi connectivity index (χ0v) is 24.1. The number of likely N-dealkylation sites (N-methyl/N-ethyl adjacent to an activating group) is 1. The third-order valence-corrected chi connectivity index (χ3v) is 9.54. The maximum Gasteiger partial charge on any atom is 0.308 e. The second kappa shape index (κ2) is 11.4. The quantitative estimate of drug-likeness (QED) is 0.462. The van der Waals surface area contributed by atoms with Crippen molar-refractivity contribution in [1.82, 2.24) is 24.9 Å². The number of nitrogens with one attached hydrogen (secondary N) is 1. The van der Waals surface area contributed by atoms with Crippen LogP contribution in [0.4, 0.5) is 11.5 Å². The Morgan fingerprint density at radius 2 is 1.85 bits per heavy atom. The number of phenolic OH excluding ortho intramolecular Hbond substituents is 1. The number of para-hydroxylation sites is 1. The standard InChI is InChI=1S/C30H41N7O4/c1-34(9-10-36-8-7-31-28-25(36)15-24(32-33-28)23-5-3-4-6-26(23)38)20-27(39)37-13-11-35(12-14-37)22-18-30(19-22)16-21(17-30)29(40)41-2/h3-6,15,21-22,38H,7-14,16-20H2,1-2H3,(H,31,33). The van der Waals surface area contributed by atoms with Gasteiger partial charge in [-0.25, -0.2) is 0 Å². The van der Waals surface area contributed by atoms with E-state index in [4.69, 9.17) is 4.74 Å². The number of esters is 1. The van der Waals surface area contributed by atoms with Crippen LogP contribution in [-0.2, 0) is 14.3 Å². The minimum absolute atomic E-state index is 0.0541. The first-order valence-corrected chi connectivity index (χ1v) is 14.8. The van der Waals surface area contributed by atoms with Gasteiger partial charge in [-0.1, -0.05) is 12.1 Å². The number of aromatic nitrogens is 2. The van der Waals surface area contributed by atoms with Crippen LogP contribution in [0, 0.1) is 11.3 Å². The number of aromatic hydroxyl groups is 1. The third-order valence-electron chi connectivity index (χ3n) is 9.54. The summed E-state index contributed by atoms with van der Waals surface area (Å²) < 4.78 is 4.90. The van der Waals surface area contributed by atoms with Gasteiger partial charge in [0.2, 0.25) is 5.91 Å². The molecule has 2 aliphatic heterocycles. The zero-order valence-electron chi connectivity index (χ0n) is 24.1. The lowest BCUT2D eigenvalue weighted by molar-refractivity contribution is -0.164. The highest BCUT2D eigenvalue weighted by Gasteiger charge is 2.56. The molecule has 2 N–H and O–H groups in total. The smallest absolute Gasteiger partial charge is 0.308 e. The van der Waals surface area contributed by atoms with Crippen LogP contribution in [0.3, 0.4) is 0 Å². The van der Waals surface area contributed by atoms with Gasteiger partial charge in [0.05, 0.1) is 31.0 Å². The molecule has 11 heteroatoms. The van der Waals surface area contributed by atoms with Crippen LogP contribution in [0.2, 0.25) is 0 Å². The molecule has 2 saturated carbocycles. The fraction of sp³-hybridized carbons (Fsp3) is 0.600. The SMILES string of the molecule is COC(=O)C1CC2(C1)CC(N1CCN(C(=O)CN(C)CCN3CCNc4nnc(-c5ccccc5O)cc43)CC1)C2. The van der Waals surface area contributed by atoms with E-state index in [0.717, 1.165) is 76.7 Å². The van der Waals surface area contributed by atoms with Crippen molar-refractivity contribution in [2.75, 3.05) is 83.3 Å². The number of benzene rings is 1. The monoisotopic (exact) mass is 563 g/mol. The average Bonchev–Trinajstić information content (AvgIpc) is 2.94. The average molecular weight is 564 g/mol. The lowest BCUT2D eigenvalue weighted by Crippen LogP contribution is -2.61. The van der Waals surface area contributed by atoms with Gasteiger partial charge >= 0.3 is 5.97 Å². The molecular formula is C30H41N7O4. The van der Waals surface area contributed by atoms with E-state index in [0.29, 0.717) is 29.3 Å². The molecule has 3 fully saturated rings. The summed E-state index contributed by atoms with van der Waals surface area (Å²) in [5, 5.41) is 22.3. The second-order valence-corrected chi connectivity index (χ2v) is 12.2. The van der Waals surface area contributed by atoms with Crippen molar-refractivity contribution in [1.29, 1.82) is 0 Å². The molecule has 3 heterocycles. The van der Waals surface area contributed by atoms with Gasteiger partial charge in [-0.3, -0.25) is 19.4 Å². The fourth-order valence-corrected chi connectivity index (χ4v) is 7.12. The number of nitrogens with zero attached hydrogens (tertiary/aromatic N) is 6. The second-order valence-electron chi connectivity index (χ2n) is 12.2. The molecular weight excluding hydrogens is 522 g/mol. The predicted octanol–water partition coefficient (Wildman–Crippen LogP) is 1.89. The molecule has 0 atom stereocenters. The molecule has 0 radical (unpaired) electrons. The fourth-order valence-electron chi connectivity index (χ4n) is 7.12. The number of methoxy groups -OCH3 is 1. The summed E-state index contributed by atoms with van der Waals surface area (Å²) in [5.74, 6) is 1.15. The van der Waals surface area contributed by atoms with Gasteiger partial charge in [-0.05, 0) is 56.3 Å². The van der Waals surface area contributed by atoms with Crippen LogP contribution < -0.4 is 10.2 Å². The molecule has 4 aliphatic rings. The summed E-state index contributed by atoms with van der Waals surface area (Å²) in [6.07, 6.45) is 4.30. The van der Waals surface area contributed by atoms with E-state index in [-0.39, 0.29) is 23.5 Å². The first kappa shape index (κ1) is 27.7. The molecule has 0 bridgehead atoms. The molecule has 2 aliphatic carbocycles. The number of rotatable bonds is 8. The molecule has 0 unspecified atom stereocenters. The van der Waals surface area contributed by atoms with Crippen LogP contribution in [-0.4, -0.2) is 121 Å². The van der Waals surface area contributed by atoms with Gasteiger partial charge in [-0.15, -0.1) is 10.2 Å². The van der Waals surface area contributed by atoms with E-state index in [1.165, 1.54) is 20.0 Å². The zero-order chi connectivity index (χ0) is 28.6. The molecule has 6 rings (SSSR count). The number of fused-ring (bicyclic) bond motifs is 1. The summed E-state index contributed by atoms with van der Waals surface area (Å²) in [5.41, 5.74) is 2.61. The normalized spacial score (nSPS) is 25.7. The molecule has 1 saturated heterocycles. The van der Waals surface area contributed by atoms with Crippen molar-refractivity contribution < 1.29 is 19.4 Å². The minimum Gasteiger partial charge on any atom is -0.507 e. The van der Waals surface area contributed by atoms with Crippen molar-refractivity contribution in [2.24, 2.45) is 11.3 Å². The van der Waals surface area contributed by atoms with E-state index in [9.17, 15) is 14.7 Å². The van der Waals surface area contributed by atoms with Crippen molar-refractivity contribution >= 4 is 23.4 Å². The molecule has 1 amide bonds. The van der Waals surface area contributed by atoms with Crippen molar-refractivity contribution in [3.63, 3.8) is 0 Å². The molecule has 41 heavy (non-hydrogen) atoms. The highest BCUT2D eigenvalue weighted by molar-refractivity contribution is 5.78. The minimum atomic E-state index is -0.0541. The number of anilines is 2. The number of hydrogen-bond acceptors (Lipinski definition) is 10. The summed E-state index contributed by atoms with van der Waals surface area (Å²) in [4.78, 5) is 33.7. The maximum atomic E-state index is 13.1. The van der Waals surface area contributed by atoms with Gasteiger partial charge in [0, 0.05) is 64.0 Å². The number of hydrogen-bond donors (Lipinski definition) is 2. The van der Waals surface area contributed by atoms with Crippen LogP contribution >= 0.6 is 0 Å². The Morgan fingerprint density at radius 1 is 1.10 bits per heavy atom. The molecule has 1 aromatic carbocycles. The van der Waals surface area contributed by atoms with Crippen LogP contribution in [0.15, 0.2) is 30.3 Å².